The lowest BCUT2D eigenvalue weighted by molar-refractivity contribution is -0.139. The molecule has 2 saturated heterocycles. The van der Waals surface area contributed by atoms with E-state index < -0.39 is 72.3 Å². The predicted octanol–water partition coefficient (Wildman–Crippen LogP) is 3.70. The van der Waals surface area contributed by atoms with Crippen LogP contribution in [-0.2, 0) is 54.8 Å². The molecule has 1 unspecified atom stereocenters. The van der Waals surface area contributed by atoms with Crippen LogP contribution in [0.2, 0.25) is 10.0 Å². The summed E-state index contributed by atoms with van der Waals surface area (Å²) in [5.41, 5.74) is 12.8. The largest absolute Gasteiger partial charge is 0.379 e. The van der Waals surface area contributed by atoms with Crippen LogP contribution >= 0.6 is 23.2 Å². The molecule has 8 rings (SSSR count). The number of nitrogens with one attached hydrogen (secondary N) is 2. The summed E-state index contributed by atoms with van der Waals surface area (Å²) in [6.07, 6.45) is 0.906. The molecule has 0 radical (unpaired) electrons. The Kier molecular flexibility index (Phi) is 14.3. The number of aromatic nitrogens is 4. The number of hydrogen-bond donors (Lipinski definition) is 4. The van der Waals surface area contributed by atoms with Gasteiger partial charge in [0.15, 0.2) is 11.4 Å². The van der Waals surface area contributed by atoms with E-state index in [1.807, 2.05) is 0 Å². The molecular weight excluding hydrogens is 929 g/mol. The average Bonchev–Trinajstić information content (AvgIpc) is 4.17. The third kappa shape index (κ3) is 10.1. The fraction of sp³-hybridized carbons (Fsp3) is 0.304. The molecular formula is C46H44Cl2F2N10O8. The smallest absolute Gasteiger partial charge is 0.269 e. The Morgan fingerprint density at radius 1 is 0.676 bits per heavy atom. The van der Waals surface area contributed by atoms with Gasteiger partial charge in [-0.1, -0.05) is 65.7 Å². The summed E-state index contributed by atoms with van der Waals surface area (Å²) in [5.74, 6) is -5.39. The van der Waals surface area contributed by atoms with Crippen molar-refractivity contribution in [2.24, 2.45) is 11.5 Å². The molecule has 2 aromatic heterocycles. The van der Waals surface area contributed by atoms with Gasteiger partial charge in [-0.2, -0.15) is 10.2 Å². The molecule has 22 heteroatoms. The SMILES string of the molecule is NC(=O)c1nn(CC(=O)N(CC(=O)NCc2cc(-c3cccc4c3c(C(N)=O)nn4CC(=O)N(CC(=O)NCc3cccc(Cl)c3F)C3CCOC3)cc(Cl)c2F)[C@H]2CCOC2)c2ccccc12. The molecule has 2 atom stereocenters. The standard InChI is InChI=1S/C46H44Cl2F2N10O8/c47-32-8-3-5-25(41(32)49)17-53-36(61)19-58(29-12-14-68-24-29)39(64)22-60-35-10-4-7-30(40(35)44(56-60)46(52)66)26-15-27(42(50)33(48)16-26)18-54-37(62)20-57(28-11-13-67-23-28)38(63)21-59-34-9-2-1-6-31(34)43(55-59)45(51)65/h1-10,15-16,28-29H,11-14,17-24H2,(H2,51,65)(H2,52,66)(H,53,61)(H,54,62)/t28-,29?/m0/s1. The van der Waals surface area contributed by atoms with Crippen LogP contribution in [0, 0.1) is 11.6 Å². The van der Waals surface area contributed by atoms with Gasteiger partial charge >= 0.3 is 0 Å². The monoisotopic (exact) mass is 972 g/mol. The zero-order chi connectivity index (χ0) is 48.2. The summed E-state index contributed by atoms with van der Waals surface area (Å²) >= 11 is 12.3. The van der Waals surface area contributed by atoms with Gasteiger partial charge in [0.2, 0.25) is 23.6 Å². The predicted molar refractivity (Wildman–Crippen MR) is 244 cm³/mol. The van der Waals surface area contributed by atoms with E-state index >= 15 is 4.39 Å². The summed E-state index contributed by atoms with van der Waals surface area (Å²) in [6.45, 7) is -1.00. The molecule has 6 N–H and O–H groups in total. The first-order chi connectivity index (χ1) is 32.7. The normalized spacial score (nSPS) is 15.7. The summed E-state index contributed by atoms with van der Waals surface area (Å²) in [7, 11) is 0. The van der Waals surface area contributed by atoms with E-state index in [1.54, 1.807) is 48.5 Å². The Labute approximate surface area is 396 Å². The summed E-state index contributed by atoms with van der Waals surface area (Å²) in [4.78, 5) is 82.4. The first-order valence-corrected chi connectivity index (χ1v) is 22.2. The molecule has 4 heterocycles. The van der Waals surface area contributed by atoms with Crippen molar-refractivity contribution in [1.29, 1.82) is 0 Å². The molecule has 0 aliphatic carbocycles. The van der Waals surface area contributed by atoms with E-state index in [-0.39, 0.29) is 77.3 Å². The van der Waals surface area contributed by atoms with E-state index in [2.05, 4.69) is 20.8 Å². The van der Waals surface area contributed by atoms with Crippen LogP contribution in [0.3, 0.4) is 0 Å². The maximum atomic E-state index is 15.7. The molecule has 18 nitrogen and oxygen atoms in total. The minimum atomic E-state index is -0.927. The summed E-state index contributed by atoms with van der Waals surface area (Å²) in [5, 5.41) is 14.3. The number of amides is 6. The zero-order valence-corrected chi connectivity index (χ0v) is 37.7. The fourth-order valence-electron chi connectivity index (χ4n) is 8.43. The molecule has 0 saturated carbocycles. The maximum absolute atomic E-state index is 15.7. The Bertz CT molecular complexity index is 2970. The zero-order valence-electron chi connectivity index (χ0n) is 36.2. The van der Waals surface area contributed by atoms with E-state index in [9.17, 15) is 33.2 Å². The molecule has 2 fully saturated rings. The highest BCUT2D eigenvalue weighted by Gasteiger charge is 2.32. The second-order valence-corrected chi connectivity index (χ2v) is 17.0. The number of fused-ring (bicyclic) bond motifs is 2. The Morgan fingerprint density at radius 3 is 1.82 bits per heavy atom. The average molecular weight is 974 g/mol. The van der Waals surface area contributed by atoms with Crippen molar-refractivity contribution in [1.82, 2.24) is 40.0 Å². The second kappa shape index (κ2) is 20.5. The number of nitrogens with zero attached hydrogens (tertiary/aromatic N) is 6. The van der Waals surface area contributed by atoms with Crippen LogP contribution in [-0.4, -0.2) is 116 Å². The van der Waals surface area contributed by atoms with Gasteiger partial charge in [-0.05, 0) is 54.3 Å². The number of hydrogen-bond acceptors (Lipinski definition) is 10. The molecule has 0 spiro atoms. The van der Waals surface area contributed by atoms with Gasteiger partial charge in [-0.15, -0.1) is 0 Å². The van der Waals surface area contributed by atoms with Crippen molar-refractivity contribution in [3.05, 3.63) is 117 Å². The number of ether oxygens (including phenoxy) is 2. The van der Waals surface area contributed by atoms with E-state index in [4.69, 9.17) is 44.1 Å². The van der Waals surface area contributed by atoms with Crippen molar-refractivity contribution < 1.29 is 47.0 Å². The lowest BCUT2D eigenvalue weighted by Gasteiger charge is -2.27. The van der Waals surface area contributed by atoms with Crippen LogP contribution in [0.4, 0.5) is 8.78 Å². The highest BCUT2D eigenvalue weighted by molar-refractivity contribution is 6.31. The Balaban J connectivity index is 1.00. The van der Waals surface area contributed by atoms with Gasteiger partial charge in [0.05, 0.1) is 59.5 Å². The number of carbonyl (C=O) groups is 6. The highest BCUT2D eigenvalue weighted by atomic mass is 35.5. The highest BCUT2D eigenvalue weighted by Crippen LogP contribution is 2.35. The molecule has 6 aromatic rings. The molecule has 4 aromatic carbocycles. The van der Waals surface area contributed by atoms with Crippen LogP contribution < -0.4 is 22.1 Å². The number of para-hydroxylation sites is 1. The number of rotatable bonds is 17. The van der Waals surface area contributed by atoms with Gasteiger partial charge in [0.25, 0.3) is 11.8 Å². The fourth-order valence-corrected chi connectivity index (χ4v) is 8.86. The van der Waals surface area contributed by atoms with Gasteiger partial charge in [-0.25, -0.2) is 8.78 Å². The minimum absolute atomic E-state index is 0.00107. The first kappa shape index (κ1) is 47.5. The van der Waals surface area contributed by atoms with Crippen molar-refractivity contribution >= 4 is 80.5 Å². The topological polar surface area (TPSA) is 239 Å². The minimum Gasteiger partial charge on any atom is -0.379 e. The number of carbonyl (C=O) groups excluding carboxylic acids is 6. The van der Waals surface area contributed by atoms with Crippen molar-refractivity contribution in [2.75, 3.05) is 39.5 Å². The third-order valence-electron chi connectivity index (χ3n) is 11.8. The van der Waals surface area contributed by atoms with Crippen LogP contribution in [0.5, 0.6) is 0 Å². The van der Waals surface area contributed by atoms with E-state index in [0.717, 1.165) is 0 Å². The first-order valence-electron chi connectivity index (χ1n) is 21.4. The molecule has 6 amide bonds. The van der Waals surface area contributed by atoms with Crippen molar-refractivity contribution in [2.45, 2.75) is 51.1 Å². The molecule has 354 valence electrons. The number of halogens is 4. The number of nitrogens with two attached hydrogens (primary N) is 2. The molecule has 2 aliphatic heterocycles. The van der Waals surface area contributed by atoms with E-state index in [1.165, 1.54) is 43.4 Å². The molecule has 68 heavy (non-hydrogen) atoms. The van der Waals surface area contributed by atoms with Crippen molar-refractivity contribution in [3.63, 3.8) is 0 Å². The number of primary amides is 2. The number of benzene rings is 4. The quantitative estimate of drug-likeness (QED) is 0.103. The van der Waals surface area contributed by atoms with E-state index in [0.29, 0.717) is 53.6 Å². The van der Waals surface area contributed by atoms with Gasteiger partial charge in [-0.3, -0.25) is 38.1 Å². The maximum Gasteiger partial charge on any atom is 0.269 e. The molecule has 2 aliphatic rings. The van der Waals surface area contributed by atoms with Crippen LogP contribution in [0.25, 0.3) is 32.9 Å². The lowest BCUT2D eigenvalue weighted by atomic mass is 9.97. The van der Waals surface area contributed by atoms with Gasteiger partial charge in [0, 0.05) is 48.2 Å². The van der Waals surface area contributed by atoms with Gasteiger partial charge < -0.3 is 41.4 Å². The second-order valence-electron chi connectivity index (χ2n) is 16.2. The van der Waals surface area contributed by atoms with Crippen LogP contribution in [0.1, 0.15) is 44.9 Å². The molecule has 0 bridgehead atoms. The third-order valence-corrected chi connectivity index (χ3v) is 12.4. The summed E-state index contributed by atoms with van der Waals surface area (Å²) < 4.78 is 43.9. The summed E-state index contributed by atoms with van der Waals surface area (Å²) in [6, 6.07) is 17.9. The Hall–Kier alpha value is -7.00. The van der Waals surface area contributed by atoms with Crippen LogP contribution in [0.15, 0.2) is 72.8 Å². The van der Waals surface area contributed by atoms with Gasteiger partial charge in [0.1, 0.15) is 24.7 Å². The Morgan fingerprint density at radius 2 is 1.22 bits per heavy atom. The van der Waals surface area contributed by atoms with Crippen molar-refractivity contribution in [3.8, 4) is 11.1 Å². The lowest BCUT2D eigenvalue weighted by Crippen LogP contribution is -2.48.